The van der Waals surface area contributed by atoms with Crippen LogP contribution in [0.4, 0.5) is 0 Å². The van der Waals surface area contributed by atoms with Crippen LogP contribution in [0.5, 0.6) is 0 Å². The van der Waals surface area contributed by atoms with Gasteiger partial charge in [0.15, 0.2) is 6.10 Å². The third-order valence-corrected chi connectivity index (χ3v) is 3.37. The molecule has 0 spiro atoms. The lowest BCUT2D eigenvalue weighted by molar-refractivity contribution is -0.152. The Labute approximate surface area is 148 Å². The molecule has 5 heteroatoms. The number of amides is 1. The molecule has 2 aromatic rings. The van der Waals surface area contributed by atoms with E-state index < -0.39 is 18.1 Å². The number of carboxylic acid groups (broad SMARTS) is 1. The van der Waals surface area contributed by atoms with Crippen LogP contribution in [-0.2, 0) is 9.53 Å². The largest absolute Gasteiger partial charge is 0.479 e. The van der Waals surface area contributed by atoms with Crippen molar-refractivity contribution < 1.29 is 19.4 Å². The van der Waals surface area contributed by atoms with E-state index in [4.69, 9.17) is 4.74 Å². The summed E-state index contributed by atoms with van der Waals surface area (Å²) in [4.78, 5) is 23.9. The molecule has 0 fully saturated rings. The number of hydrogen-bond acceptors (Lipinski definition) is 3. The first-order valence-corrected chi connectivity index (χ1v) is 8.38. The van der Waals surface area contributed by atoms with Crippen LogP contribution in [0.3, 0.4) is 0 Å². The molecule has 0 heterocycles. The zero-order chi connectivity index (χ0) is 18.7. The van der Waals surface area contributed by atoms with Gasteiger partial charge in [0.2, 0.25) is 0 Å². The van der Waals surface area contributed by atoms with Crippen molar-refractivity contribution in [2.45, 2.75) is 32.9 Å². The minimum absolute atomic E-state index is 0.238. The van der Waals surface area contributed by atoms with Crippen molar-refractivity contribution in [3.05, 3.63) is 71.8 Å². The van der Waals surface area contributed by atoms with Crippen LogP contribution in [0, 0.1) is 0 Å². The summed E-state index contributed by atoms with van der Waals surface area (Å²) in [5.41, 5.74) is 1.15. The average molecular weight is 343 g/mol. The SMILES string of the molecule is CC.CCOC(C(=O)O)C(NC(=O)c1ccccc1)c1ccccc1. The molecule has 1 amide bonds. The van der Waals surface area contributed by atoms with E-state index in [0.717, 1.165) is 0 Å². The Bertz CT molecular complexity index is 643. The smallest absolute Gasteiger partial charge is 0.335 e. The second-order valence-electron chi connectivity index (χ2n) is 4.94. The average Bonchev–Trinajstić information content (AvgIpc) is 2.67. The van der Waals surface area contributed by atoms with E-state index >= 15 is 0 Å². The Morgan fingerprint density at radius 1 is 1.00 bits per heavy atom. The van der Waals surface area contributed by atoms with Gasteiger partial charge < -0.3 is 15.2 Å². The van der Waals surface area contributed by atoms with Crippen molar-refractivity contribution in [2.75, 3.05) is 6.61 Å². The number of aliphatic carboxylic acids is 1. The van der Waals surface area contributed by atoms with E-state index in [1.54, 1.807) is 55.5 Å². The Morgan fingerprint density at radius 2 is 1.52 bits per heavy atom. The zero-order valence-electron chi connectivity index (χ0n) is 14.8. The van der Waals surface area contributed by atoms with Crippen LogP contribution in [0.1, 0.15) is 42.7 Å². The van der Waals surface area contributed by atoms with Crippen LogP contribution in [0.2, 0.25) is 0 Å². The first-order chi connectivity index (χ1) is 12.1. The minimum Gasteiger partial charge on any atom is -0.479 e. The van der Waals surface area contributed by atoms with Gasteiger partial charge in [-0.15, -0.1) is 0 Å². The molecule has 134 valence electrons. The third kappa shape index (κ3) is 6.04. The molecule has 0 aliphatic carbocycles. The first-order valence-electron chi connectivity index (χ1n) is 8.38. The molecule has 2 aromatic carbocycles. The Balaban J connectivity index is 0.00000151. The summed E-state index contributed by atoms with van der Waals surface area (Å²) in [5, 5.41) is 12.2. The quantitative estimate of drug-likeness (QED) is 0.804. The molecule has 2 rings (SSSR count). The van der Waals surface area contributed by atoms with Crippen molar-refractivity contribution in [2.24, 2.45) is 0 Å². The lowest BCUT2D eigenvalue weighted by Gasteiger charge is -2.25. The summed E-state index contributed by atoms with van der Waals surface area (Å²) in [7, 11) is 0. The highest BCUT2D eigenvalue weighted by Crippen LogP contribution is 2.20. The molecule has 0 bridgehead atoms. The van der Waals surface area contributed by atoms with Crippen LogP contribution in [0.25, 0.3) is 0 Å². The predicted octanol–water partition coefficient (Wildman–Crippen LogP) is 3.67. The van der Waals surface area contributed by atoms with Gasteiger partial charge in [-0.2, -0.15) is 0 Å². The summed E-state index contributed by atoms with van der Waals surface area (Å²) < 4.78 is 5.34. The standard InChI is InChI=1S/C18H19NO4.C2H6/c1-2-23-16(18(21)22)15(13-9-5-3-6-10-13)19-17(20)14-11-7-4-8-12-14;1-2/h3-12,15-16H,2H2,1H3,(H,19,20)(H,21,22);1-2H3. The number of rotatable bonds is 7. The minimum atomic E-state index is -1.16. The lowest BCUT2D eigenvalue weighted by atomic mass is 10.0. The molecular formula is C20H25NO4. The monoisotopic (exact) mass is 343 g/mol. The van der Waals surface area contributed by atoms with E-state index in [9.17, 15) is 14.7 Å². The first kappa shape index (κ1) is 20.4. The second kappa shape index (κ2) is 11.0. The van der Waals surface area contributed by atoms with Crippen molar-refractivity contribution in [1.29, 1.82) is 0 Å². The normalized spacial score (nSPS) is 12.3. The van der Waals surface area contributed by atoms with Gasteiger partial charge in [-0.3, -0.25) is 4.79 Å². The molecule has 0 saturated heterocycles. The Kier molecular flexibility index (Phi) is 8.96. The molecule has 0 aliphatic heterocycles. The van der Waals surface area contributed by atoms with E-state index in [1.807, 2.05) is 26.0 Å². The number of hydrogen-bond donors (Lipinski definition) is 2. The topological polar surface area (TPSA) is 75.6 Å². The fourth-order valence-corrected chi connectivity index (χ4v) is 2.30. The summed E-state index contributed by atoms with van der Waals surface area (Å²) in [6.45, 7) is 5.96. The molecule has 5 nitrogen and oxygen atoms in total. The predicted molar refractivity (Wildman–Crippen MR) is 97.5 cm³/mol. The van der Waals surface area contributed by atoms with Crippen LogP contribution < -0.4 is 5.32 Å². The van der Waals surface area contributed by atoms with Gasteiger partial charge in [0.05, 0.1) is 6.04 Å². The van der Waals surface area contributed by atoms with E-state index in [2.05, 4.69) is 5.32 Å². The van der Waals surface area contributed by atoms with Crippen molar-refractivity contribution in [1.82, 2.24) is 5.32 Å². The molecule has 2 atom stereocenters. The maximum Gasteiger partial charge on any atom is 0.335 e. The number of carboxylic acids is 1. The van der Waals surface area contributed by atoms with Gasteiger partial charge in [-0.25, -0.2) is 4.79 Å². The van der Waals surface area contributed by atoms with E-state index in [-0.39, 0.29) is 12.5 Å². The number of carbonyl (C=O) groups is 2. The van der Waals surface area contributed by atoms with E-state index in [1.165, 1.54) is 0 Å². The van der Waals surface area contributed by atoms with Gasteiger partial charge >= 0.3 is 5.97 Å². The molecule has 0 aromatic heterocycles. The van der Waals surface area contributed by atoms with Gasteiger partial charge in [0, 0.05) is 12.2 Å². The van der Waals surface area contributed by atoms with E-state index in [0.29, 0.717) is 11.1 Å². The fraction of sp³-hybridized carbons (Fsp3) is 0.300. The van der Waals surface area contributed by atoms with Crippen molar-refractivity contribution >= 4 is 11.9 Å². The molecule has 0 aliphatic rings. The summed E-state index contributed by atoms with van der Waals surface area (Å²) in [6, 6.07) is 16.8. The van der Waals surface area contributed by atoms with Gasteiger partial charge in [0.25, 0.3) is 5.91 Å². The molecular weight excluding hydrogens is 318 g/mol. The third-order valence-electron chi connectivity index (χ3n) is 3.37. The number of benzene rings is 2. The summed E-state index contributed by atoms with van der Waals surface area (Å²) >= 11 is 0. The highest BCUT2D eigenvalue weighted by molar-refractivity contribution is 5.94. The van der Waals surface area contributed by atoms with Gasteiger partial charge in [0.1, 0.15) is 0 Å². The van der Waals surface area contributed by atoms with Crippen molar-refractivity contribution in [3.63, 3.8) is 0 Å². The van der Waals surface area contributed by atoms with Crippen LogP contribution in [0.15, 0.2) is 60.7 Å². The van der Waals surface area contributed by atoms with Gasteiger partial charge in [-0.1, -0.05) is 62.4 Å². The molecule has 0 radical (unpaired) electrons. The van der Waals surface area contributed by atoms with Crippen molar-refractivity contribution in [3.8, 4) is 0 Å². The number of ether oxygens (including phenoxy) is 1. The summed E-state index contributed by atoms with van der Waals surface area (Å²) in [6.07, 6.45) is -1.16. The highest BCUT2D eigenvalue weighted by Gasteiger charge is 2.31. The fourth-order valence-electron chi connectivity index (χ4n) is 2.30. The molecule has 25 heavy (non-hydrogen) atoms. The molecule has 2 N–H and O–H groups in total. The Morgan fingerprint density at radius 3 is 2.00 bits per heavy atom. The Hall–Kier alpha value is -2.66. The maximum atomic E-state index is 12.4. The van der Waals surface area contributed by atoms with Crippen LogP contribution in [-0.4, -0.2) is 29.7 Å². The molecule has 2 unspecified atom stereocenters. The second-order valence-corrected chi connectivity index (χ2v) is 4.94. The maximum absolute atomic E-state index is 12.4. The molecule has 0 saturated carbocycles. The summed E-state index contributed by atoms with van der Waals surface area (Å²) in [5.74, 6) is -1.46. The zero-order valence-corrected chi connectivity index (χ0v) is 14.8. The number of nitrogens with one attached hydrogen (secondary N) is 1. The van der Waals surface area contributed by atoms with Crippen LogP contribution >= 0.6 is 0 Å². The number of carbonyl (C=O) groups excluding carboxylic acids is 1. The van der Waals surface area contributed by atoms with Gasteiger partial charge in [-0.05, 0) is 24.6 Å². The lowest BCUT2D eigenvalue weighted by Crippen LogP contribution is -2.42. The highest BCUT2D eigenvalue weighted by atomic mass is 16.5.